The van der Waals surface area contributed by atoms with E-state index in [2.05, 4.69) is 4.74 Å². The van der Waals surface area contributed by atoms with Gasteiger partial charge in [-0.15, -0.1) is 0 Å². The van der Waals surface area contributed by atoms with Gasteiger partial charge in [-0.05, 0) is 23.5 Å². The summed E-state index contributed by atoms with van der Waals surface area (Å²) < 4.78 is 29.5. The van der Waals surface area contributed by atoms with E-state index in [1.54, 1.807) is 0 Å². The maximum atomic E-state index is 12.5. The molecule has 1 aromatic rings. The smallest absolute Gasteiger partial charge is 0.306 e. The number of ether oxygens (including phenoxy) is 1. The average molecular weight is 311 g/mol. The van der Waals surface area contributed by atoms with Crippen LogP contribution in [0.2, 0.25) is 0 Å². The molecule has 3 atom stereocenters. The molecule has 21 heavy (non-hydrogen) atoms. The SMILES string of the molecule is COC(=O)CCS(=O)(=O)C1CC(C)c2ccccc2C1N. The molecule has 1 aromatic carbocycles. The van der Waals surface area contributed by atoms with Crippen LogP contribution in [-0.4, -0.2) is 32.5 Å². The van der Waals surface area contributed by atoms with Crippen LogP contribution in [0.3, 0.4) is 0 Å². The molecular weight excluding hydrogens is 290 g/mol. The van der Waals surface area contributed by atoms with Crippen LogP contribution in [0.1, 0.15) is 42.9 Å². The van der Waals surface area contributed by atoms with Crippen LogP contribution in [0.4, 0.5) is 0 Å². The molecular formula is C15H21NO4S. The van der Waals surface area contributed by atoms with Gasteiger partial charge in [0.25, 0.3) is 0 Å². The highest BCUT2D eigenvalue weighted by Gasteiger charge is 2.38. The third-order valence-corrected chi connectivity index (χ3v) is 6.33. The Morgan fingerprint density at radius 3 is 2.57 bits per heavy atom. The highest BCUT2D eigenvalue weighted by molar-refractivity contribution is 7.92. The van der Waals surface area contributed by atoms with Gasteiger partial charge in [-0.3, -0.25) is 4.79 Å². The summed E-state index contributed by atoms with van der Waals surface area (Å²) in [4.78, 5) is 11.2. The molecule has 0 fully saturated rings. The molecule has 1 aliphatic carbocycles. The number of benzene rings is 1. The summed E-state index contributed by atoms with van der Waals surface area (Å²) in [6.45, 7) is 2.01. The molecule has 0 radical (unpaired) electrons. The monoisotopic (exact) mass is 311 g/mol. The minimum Gasteiger partial charge on any atom is -0.469 e. The fourth-order valence-electron chi connectivity index (χ4n) is 2.93. The van der Waals surface area contributed by atoms with Crippen LogP contribution in [0.15, 0.2) is 24.3 Å². The number of esters is 1. The minimum absolute atomic E-state index is 0.127. The Morgan fingerprint density at radius 2 is 1.95 bits per heavy atom. The van der Waals surface area contributed by atoms with Gasteiger partial charge in [-0.1, -0.05) is 31.2 Å². The molecule has 0 spiro atoms. The third-order valence-electron chi connectivity index (χ3n) is 4.15. The molecule has 0 amide bonds. The second-order valence-electron chi connectivity index (χ2n) is 5.52. The van der Waals surface area contributed by atoms with E-state index in [-0.39, 0.29) is 18.1 Å². The van der Waals surface area contributed by atoms with Crippen molar-refractivity contribution in [3.05, 3.63) is 35.4 Å². The second kappa shape index (κ2) is 6.15. The minimum atomic E-state index is -3.44. The zero-order chi connectivity index (χ0) is 15.6. The molecule has 0 aliphatic heterocycles. The highest BCUT2D eigenvalue weighted by atomic mass is 32.2. The van der Waals surface area contributed by atoms with Crippen LogP contribution in [0.5, 0.6) is 0 Å². The summed E-state index contributed by atoms with van der Waals surface area (Å²) in [7, 11) is -2.19. The highest BCUT2D eigenvalue weighted by Crippen LogP contribution is 2.39. The number of sulfone groups is 1. The molecule has 1 aliphatic rings. The summed E-state index contributed by atoms with van der Waals surface area (Å²) >= 11 is 0. The molecule has 0 aromatic heterocycles. The van der Waals surface area contributed by atoms with Crippen molar-refractivity contribution in [1.82, 2.24) is 0 Å². The lowest BCUT2D eigenvalue weighted by molar-refractivity contribution is -0.140. The molecule has 6 heteroatoms. The molecule has 2 N–H and O–H groups in total. The fraction of sp³-hybridized carbons (Fsp3) is 0.533. The zero-order valence-electron chi connectivity index (χ0n) is 12.3. The Morgan fingerprint density at radius 1 is 1.33 bits per heavy atom. The van der Waals surface area contributed by atoms with E-state index in [9.17, 15) is 13.2 Å². The van der Waals surface area contributed by atoms with Gasteiger partial charge in [0.2, 0.25) is 0 Å². The number of rotatable bonds is 4. The van der Waals surface area contributed by atoms with Crippen molar-refractivity contribution >= 4 is 15.8 Å². The summed E-state index contributed by atoms with van der Waals surface area (Å²) in [5.74, 6) is -0.595. The van der Waals surface area contributed by atoms with E-state index in [0.29, 0.717) is 6.42 Å². The first kappa shape index (κ1) is 16.0. The molecule has 2 rings (SSSR count). The molecule has 0 saturated carbocycles. The Balaban J connectivity index is 2.24. The van der Waals surface area contributed by atoms with Crippen molar-refractivity contribution < 1.29 is 17.9 Å². The molecule has 0 heterocycles. The van der Waals surface area contributed by atoms with E-state index in [4.69, 9.17) is 5.73 Å². The number of hydrogen-bond acceptors (Lipinski definition) is 5. The number of carbonyl (C=O) groups excluding carboxylic acids is 1. The van der Waals surface area contributed by atoms with Crippen molar-refractivity contribution in [2.24, 2.45) is 5.73 Å². The van der Waals surface area contributed by atoms with Crippen LogP contribution in [0.25, 0.3) is 0 Å². The number of nitrogens with two attached hydrogens (primary N) is 1. The van der Waals surface area contributed by atoms with E-state index >= 15 is 0 Å². The van der Waals surface area contributed by atoms with Crippen molar-refractivity contribution in [2.45, 2.75) is 37.0 Å². The second-order valence-corrected chi connectivity index (χ2v) is 7.86. The van der Waals surface area contributed by atoms with Crippen LogP contribution in [-0.2, 0) is 19.4 Å². The Hall–Kier alpha value is -1.40. The van der Waals surface area contributed by atoms with Crippen LogP contribution >= 0.6 is 0 Å². The van der Waals surface area contributed by atoms with Gasteiger partial charge in [0.1, 0.15) is 0 Å². The largest absolute Gasteiger partial charge is 0.469 e. The van der Waals surface area contributed by atoms with Gasteiger partial charge in [0.15, 0.2) is 9.84 Å². The van der Waals surface area contributed by atoms with Gasteiger partial charge in [0, 0.05) is 6.04 Å². The zero-order valence-corrected chi connectivity index (χ0v) is 13.1. The first-order chi connectivity index (χ1) is 9.86. The lowest BCUT2D eigenvalue weighted by atomic mass is 9.81. The lowest BCUT2D eigenvalue weighted by Crippen LogP contribution is -2.40. The molecule has 5 nitrogen and oxygen atoms in total. The van der Waals surface area contributed by atoms with Gasteiger partial charge < -0.3 is 10.5 Å². The molecule has 0 saturated heterocycles. The third kappa shape index (κ3) is 3.27. The standard InChI is InChI=1S/C15H21NO4S/c1-10-9-13(21(18,19)8-7-14(17)20-2)15(16)12-6-4-3-5-11(10)12/h3-6,10,13,15H,7-9,16H2,1-2H3. The Kier molecular flexibility index (Phi) is 4.68. The number of fused-ring (bicyclic) bond motifs is 1. The first-order valence-electron chi connectivity index (χ1n) is 6.99. The van der Waals surface area contributed by atoms with Gasteiger partial charge in [-0.25, -0.2) is 8.42 Å². The van der Waals surface area contributed by atoms with E-state index in [0.717, 1.165) is 11.1 Å². The van der Waals surface area contributed by atoms with Crippen molar-refractivity contribution in [3.63, 3.8) is 0 Å². The van der Waals surface area contributed by atoms with Crippen molar-refractivity contribution in [2.75, 3.05) is 12.9 Å². The number of carbonyl (C=O) groups is 1. The molecule has 3 unspecified atom stereocenters. The van der Waals surface area contributed by atoms with Crippen LogP contribution in [0, 0.1) is 0 Å². The summed E-state index contributed by atoms with van der Waals surface area (Å²) in [5, 5.41) is -0.646. The predicted molar refractivity (Wildman–Crippen MR) is 80.6 cm³/mol. The number of methoxy groups -OCH3 is 1. The van der Waals surface area contributed by atoms with E-state index in [1.807, 2.05) is 31.2 Å². The molecule has 0 bridgehead atoms. The first-order valence-corrected chi connectivity index (χ1v) is 8.71. The topological polar surface area (TPSA) is 86.5 Å². The maximum Gasteiger partial charge on any atom is 0.306 e. The quantitative estimate of drug-likeness (QED) is 0.852. The predicted octanol–water partition coefficient (Wildman–Crippen LogP) is 1.54. The van der Waals surface area contributed by atoms with Crippen LogP contribution < -0.4 is 5.73 Å². The summed E-state index contributed by atoms with van der Waals surface area (Å²) in [6, 6.07) is 7.15. The van der Waals surface area contributed by atoms with E-state index < -0.39 is 27.1 Å². The van der Waals surface area contributed by atoms with Crippen molar-refractivity contribution in [3.8, 4) is 0 Å². The average Bonchev–Trinajstić information content (AvgIpc) is 2.48. The summed E-state index contributed by atoms with van der Waals surface area (Å²) in [6.07, 6.45) is 0.361. The normalized spacial score (nSPS) is 25.2. The Bertz CT molecular complexity index is 626. The Labute approximate surface area is 125 Å². The van der Waals surface area contributed by atoms with E-state index in [1.165, 1.54) is 7.11 Å². The van der Waals surface area contributed by atoms with Gasteiger partial charge >= 0.3 is 5.97 Å². The number of hydrogen-bond donors (Lipinski definition) is 1. The van der Waals surface area contributed by atoms with Gasteiger partial charge in [-0.2, -0.15) is 0 Å². The maximum absolute atomic E-state index is 12.5. The van der Waals surface area contributed by atoms with Gasteiger partial charge in [0.05, 0.1) is 24.5 Å². The van der Waals surface area contributed by atoms with Crippen molar-refractivity contribution in [1.29, 1.82) is 0 Å². The fourth-order valence-corrected chi connectivity index (χ4v) is 4.86. The molecule has 116 valence electrons. The summed E-state index contributed by atoms with van der Waals surface area (Å²) in [5.41, 5.74) is 8.19. The lowest BCUT2D eigenvalue weighted by Gasteiger charge is -2.34.